The van der Waals surface area contributed by atoms with E-state index in [4.69, 9.17) is 27.9 Å². The summed E-state index contributed by atoms with van der Waals surface area (Å²) in [5.41, 5.74) is 0.655. The van der Waals surface area contributed by atoms with Gasteiger partial charge in [-0.1, -0.05) is 23.2 Å². The van der Waals surface area contributed by atoms with Gasteiger partial charge >= 0.3 is 0 Å². The zero-order valence-corrected chi connectivity index (χ0v) is 12.9. The van der Waals surface area contributed by atoms with Gasteiger partial charge in [0.15, 0.2) is 0 Å². The van der Waals surface area contributed by atoms with Crippen LogP contribution >= 0.6 is 23.2 Å². The highest BCUT2D eigenvalue weighted by Gasteiger charge is 2.18. The lowest BCUT2D eigenvalue weighted by atomic mass is 10.1. The van der Waals surface area contributed by atoms with Crippen molar-refractivity contribution in [2.75, 3.05) is 38.7 Å². The number of nitrogens with zero attached hydrogens (tertiary/aromatic N) is 1. The highest BCUT2D eigenvalue weighted by molar-refractivity contribution is 6.42. The summed E-state index contributed by atoms with van der Waals surface area (Å²) in [7, 11) is 1.94. The molecule has 0 radical (unpaired) electrons. The molecule has 1 amide bonds. The number of ether oxygens (including phenoxy) is 1. The molecule has 1 heterocycles. The van der Waals surface area contributed by atoms with Crippen molar-refractivity contribution in [1.29, 1.82) is 0 Å². The molecule has 20 heavy (non-hydrogen) atoms. The largest absolute Gasteiger partial charge is 0.381 e. The number of hydrogen-bond acceptors (Lipinski definition) is 3. The number of rotatable bonds is 5. The lowest BCUT2D eigenvalue weighted by molar-refractivity contribution is -0.117. The van der Waals surface area contributed by atoms with Crippen LogP contribution in [0.4, 0.5) is 5.69 Å². The SMILES string of the molecule is CN(CC(=O)Nc1ccc(Cl)c(Cl)c1)CC1CCOC1. The van der Waals surface area contributed by atoms with E-state index in [0.717, 1.165) is 26.2 Å². The van der Waals surface area contributed by atoms with Gasteiger partial charge in [0.05, 0.1) is 23.2 Å². The number of carbonyl (C=O) groups excluding carboxylic acids is 1. The maximum atomic E-state index is 11.9. The van der Waals surface area contributed by atoms with Gasteiger partial charge in [-0.05, 0) is 37.6 Å². The number of carbonyl (C=O) groups is 1. The number of nitrogens with one attached hydrogen (secondary N) is 1. The molecule has 1 fully saturated rings. The van der Waals surface area contributed by atoms with Gasteiger partial charge in [0.25, 0.3) is 0 Å². The predicted molar refractivity (Wildman–Crippen MR) is 81.5 cm³/mol. The van der Waals surface area contributed by atoms with Gasteiger partial charge in [-0.25, -0.2) is 0 Å². The first-order valence-electron chi connectivity index (χ1n) is 6.56. The summed E-state index contributed by atoms with van der Waals surface area (Å²) in [6.45, 7) is 2.83. The van der Waals surface area contributed by atoms with Crippen molar-refractivity contribution in [1.82, 2.24) is 4.90 Å². The van der Waals surface area contributed by atoms with Gasteiger partial charge in [0, 0.05) is 18.8 Å². The van der Waals surface area contributed by atoms with Crippen molar-refractivity contribution in [3.63, 3.8) is 0 Å². The summed E-state index contributed by atoms with van der Waals surface area (Å²) in [5.74, 6) is 0.461. The maximum absolute atomic E-state index is 11.9. The van der Waals surface area contributed by atoms with E-state index in [1.54, 1.807) is 18.2 Å². The van der Waals surface area contributed by atoms with Gasteiger partial charge in [0.1, 0.15) is 0 Å². The Balaban J connectivity index is 1.80. The lowest BCUT2D eigenvalue weighted by Crippen LogP contribution is -2.33. The van der Waals surface area contributed by atoms with Crippen molar-refractivity contribution in [3.8, 4) is 0 Å². The minimum atomic E-state index is -0.0650. The molecule has 1 aliphatic rings. The van der Waals surface area contributed by atoms with Crippen LogP contribution in [0.5, 0.6) is 0 Å². The summed E-state index contributed by atoms with van der Waals surface area (Å²) in [5, 5.41) is 3.72. The van der Waals surface area contributed by atoms with Crippen LogP contribution in [0, 0.1) is 5.92 Å². The van der Waals surface area contributed by atoms with E-state index in [2.05, 4.69) is 5.32 Å². The van der Waals surface area contributed by atoms with E-state index < -0.39 is 0 Å². The molecule has 0 bridgehead atoms. The molecule has 1 aliphatic heterocycles. The van der Waals surface area contributed by atoms with Crippen LogP contribution in [-0.2, 0) is 9.53 Å². The Labute approximate surface area is 129 Å². The monoisotopic (exact) mass is 316 g/mol. The zero-order valence-electron chi connectivity index (χ0n) is 11.4. The van der Waals surface area contributed by atoms with Gasteiger partial charge in [0.2, 0.25) is 5.91 Å². The maximum Gasteiger partial charge on any atom is 0.238 e. The van der Waals surface area contributed by atoms with Crippen molar-refractivity contribution >= 4 is 34.8 Å². The summed E-state index contributed by atoms with van der Waals surface area (Å²) < 4.78 is 5.33. The number of hydrogen-bond donors (Lipinski definition) is 1. The van der Waals surface area contributed by atoms with Gasteiger partial charge in [-0.15, -0.1) is 0 Å². The molecule has 1 atom stereocenters. The smallest absolute Gasteiger partial charge is 0.238 e. The molecule has 4 nitrogen and oxygen atoms in total. The van der Waals surface area contributed by atoms with Crippen molar-refractivity contribution in [2.24, 2.45) is 5.92 Å². The van der Waals surface area contributed by atoms with Crippen LogP contribution in [0.2, 0.25) is 10.0 Å². The first kappa shape index (κ1) is 15.6. The fourth-order valence-electron chi connectivity index (χ4n) is 2.25. The average molecular weight is 317 g/mol. The van der Waals surface area contributed by atoms with Crippen molar-refractivity contribution < 1.29 is 9.53 Å². The average Bonchev–Trinajstić information content (AvgIpc) is 2.86. The number of halogens is 2. The molecule has 110 valence electrons. The van der Waals surface area contributed by atoms with Crippen LogP contribution in [0.1, 0.15) is 6.42 Å². The molecule has 1 N–H and O–H groups in total. The first-order chi connectivity index (χ1) is 9.54. The van der Waals surface area contributed by atoms with E-state index in [1.165, 1.54) is 0 Å². The van der Waals surface area contributed by atoms with Crippen molar-refractivity contribution in [3.05, 3.63) is 28.2 Å². The Bertz CT molecular complexity index is 476. The third-order valence-electron chi connectivity index (χ3n) is 3.21. The fraction of sp³-hybridized carbons (Fsp3) is 0.500. The Morgan fingerprint density at radius 2 is 2.25 bits per heavy atom. The second kappa shape index (κ2) is 7.27. The molecular weight excluding hydrogens is 299 g/mol. The van der Waals surface area contributed by atoms with Crippen LogP contribution in [0.25, 0.3) is 0 Å². The molecule has 1 aromatic carbocycles. The van der Waals surface area contributed by atoms with Crippen LogP contribution in [0.3, 0.4) is 0 Å². The minimum Gasteiger partial charge on any atom is -0.381 e. The van der Waals surface area contributed by atoms with E-state index in [9.17, 15) is 4.79 Å². The zero-order chi connectivity index (χ0) is 14.5. The van der Waals surface area contributed by atoms with Crippen LogP contribution in [0.15, 0.2) is 18.2 Å². The highest BCUT2D eigenvalue weighted by atomic mass is 35.5. The second-order valence-corrected chi connectivity index (χ2v) is 5.92. The Hall–Kier alpha value is -0.810. The normalized spacial score (nSPS) is 18.5. The standard InChI is InChI=1S/C14H18Cl2N2O2/c1-18(7-10-4-5-20-9-10)8-14(19)17-11-2-3-12(15)13(16)6-11/h2-3,6,10H,4-5,7-9H2,1H3,(H,17,19). The van der Waals surface area contributed by atoms with E-state index in [1.807, 2.05) is 11.9 Å². The molecule has 1 aromatic rings. The molecule has 0 aliphatic carbocycles. The van der Waals surface area contributed by atoms with E-state index in [0.29, 0.717) is 28.2 Å². The third kappa shape index (κ3) is 4.63. The topological polar surface area (TPSA) is 41.6 Å². The first-order valence-corrected chi connectivity index (χ1v) is 7.31. The minimum absolute atomic E-state index is 0.0650. The molecule has 0 saturated carbocycles. The molecule has 1 unspecified atom stereocenters. The molecule has 1 saturated heterocycles. The Morgan fingerprint density at radius 1 is 1.45 bits per heavy atom. The molecular formula is C14H18Cl2N2O2. The molecule has 2 rings (SSSR count). The summed E-state index contributed by atoms with van der Waals surface area (Å²) in [6.07, 6.45) is 1.07. The fourth-order valence-corrected chi connectivity index (χ4v) is 2.55. The van der Waals surface area contributed by atoms with Gasteiger partial charge < -0.3 is 10.1 Å². The van der Waals surface area contributed by atoms with Gasteiger partial charge in [-0.2, -0.15) is 0 Å². The van der Waals surface area contributed by atoms with Crippen LogP contribution in [-0.4, -0.2) is 44.2 Å². The predicted octanol–water partition coefficient (Wildman–Crippen LogP) is 2.90. The molecule has 0 spiro atoms. The van der Waals surface area contributed by atoms with Gasteiger partial charge in [-0.3, -0.25) is 9.69 Å². The second-order valence-electron chi connectivity index (χ2n) is 5.10. The highest BCUT2D eigenvalue weighted by Crippen LogP contribution is 2.24. The number of benzene rings is 1. The molecule has 0 aromatic heterocycles. The Morgan fingerprint density at radius 3 is 2.90 bits per heavy atom. The van der Waals surface area contributed by atoms with E-state index >= 15 is 0 Å². The summed E-state index contributed by atoms with van der Waals surface area (Å²) >= 11 is 11.7. The number of amides is 1. The van der Waals surface area contributed by atoms with E-state index in [-0.39, 0.29) is 5.91 Å². The quantitative estimate of drug-likeness (QED) is 0.908. The third-order valence-corrected chi connectivity index (χ3v) is 3.95. The van der Waals surface area contributed by atoms with Crippen LogP contribution < -0.4 is 5.32 Å². The number of anilines is 1. The lowest BCUT2D eigenvalue weighted by Gasteiger charge is -2.19. The molecule has 6 heteroatoms. The Kier molecular flexibility index (Phi) is 5.66. The van der Waals surface area contributed by atoms with Crippen molar-refractivity contribution in [2.45, 2.75) is 6.42 Å². The number of likely N-dealkylation sites (N-methyl/N-ethyl adjacent to an activating group) is 1. The summed E-state index contributed by atoms with van der Waals surface area (Å²) in [6, 6.07) is 5.04. The summed E-state index contributed by atoms with van der Waals surface area (Å²) in [4.78, 5) is 13.9.